The first-order chi connectivity index (χ1) is 10.9. The van der Waals surface area contributed by atoms with Crippen molar-refractivity contribution in [1.82, 2.24) is 0 Å². The third-order valence-corrected chi connectivity index (χ3v) is 6.09. The van der Waals surface area contributed by atoms with Crippen LogP contribution in [-0.4, -0.2) is 23.8 Å². The third-order valence-electron chi connectivity index (χ3n) is 6.09. The van der Waals surface area contributed by atoms with Gasteiger partial charge in [0, 0.05) is 11.5 Å². The lowest BCUT2D eigenvalue weighted by Gasteiger charge is -2.32. The van der Waals surface area contributed by atoms with Crippen LogP contribution >= 0.6 is 0 Å². The van der Waals surface area contributed by atoms with Crippen LogP contribution in [0.25, 0.3) is 0 Å². The van der Waals surface area contributed by atoms with Gasteiger partial charge in [-0.25, -0.2) is 4.79 Å². The van der Waals surface area contributed by atoms with E-state index in [0.29, 0.717) is 30.3 Å². The molecule has 1 N–H and O–H groups in total. The number of carbonyl (C=O) groups is 1. The van der Waals surface area contributed by atoms with E-state index in [1.54, 1.807) is 0 Å². The normalized spacial score (nSPS) is 37.3. The summed E-state index contributed by atoms with van der Waals surface area (Å²) in [6.45, 7) is 9.12. The molecule has 0 spiro atoms. The SMILES string of the molecule is CC(C)=CCC[C@@H](C)[C@H]1C2=C(COC2=O)[C@H]2C[C@H]2[C@H](C)C[C@H]1O. The molecule has 0 saturated heterocycles. The predicted molar refractivity (Wildman–Crippen MR) is 90.7 cm³/mol. The number of carbonyl (C=O) groups excluding carboxylic acids is 1. The first kappa shape index (κ1) is 16.8. The van der Waals surface area contributed by atoms with Crippen LogP contribution in [0.3, 0.4) is 0 Å². The average molecular weight is 318 g/mol. The first-order valence-electron chi connectivity index (χ1n) is 9.11. The van der Waals surface area contributed by atoms with Gasteiger partial charge in [-0.15, -0.1) is 0 Å². The molecule has 128 valence electrons. The molecule has 0 aromatic rings. The Kier molecular flexibility index (Phi) is 4.68. The van der Waals surface area contributed by atoms with Gasteiger partial charge in [0.05, 0.1) is 6.10 Å². The molecule has 3 nitrogen and oxygen atoms in total. The summed E-state index contributed by atoms with van der Waals surface area (Å²) in [7, 11) is 0. The Morgan fingerprint density at radius 3 is 2.83 bits per heavy atom. The van der Waals surface area contributed by atoms with Crippen LogP contribution < -0.4 is 0 Å². The van der Waals surface area contributed by atoms with Crippen LogP contribution in [0, 0.1) is 29.6 Å². The molecule has 0 amide bonds. The average Bonchev–Trinajstić information content (AvgIpc) is 3.17. The summed E-state index contributed by atoms with van der Waals surface area (Å²) in [6, 6.07) is 0. The van der Waals surface area contributed by atoms with Crippen molar-refractivity contribution in [1.29, 1.82) is 0 Å². The maximum Gasteiger partial charge on any atom is 0.334 e. The molecule has 0 aromatic carbocycles. The van der Waals surface area contributed by atoms with Gasteiger partial charge in [-0.1, -0.05) is 25.5 Å². The monoisotopic (exact) mass is 318 g/mol. The van der Waals surface area contributed by atoms with Crippen molar-refractivity contribution in [2.75, 3.05) is 6.61 Å². The smallest absolute Gasteiger partial charge is 0.334 e. The fraction of sp³-hybridized carbons (Fsp3) is 0.750. The highest BCUT2D eigenvalue weighted by molar-refractivity contribution is 5.92. The molecule has 3 rings (SSSR count). The van der Waals surface area contributed by atoms with Gasteiger partial charge < -0.3 is 9.84 Å². The summed E-state index contributed by atoms with van der Waals surface area (Å²) in [5, 5.41) is 10.9. The van der Waals surface area contributed by atoms with Gasteiger partial charge in [0.2, 0.25) is 0 Å². The molecule has 0 radical (unpaired) electrons. The highest BCUT2D eigenvalue weighted by Gasteiger charge is 2.52. The van der Waals surface area contributed by atoms with Crippen molar-refractivity contribution in [3.8, 4) is 0 Å². The minimum absolute atomic E-state index is 0.0606. The lowest BCUT2D eigenvalue weighted by Crippen LogP contribution is -2.34. The second-order valence-electron chi connectivity index (χ2n) is 8.16. The van der Waals surface area contributed by atoms with Crippen molar-refractivity contribution >= 4 is 5.97 Å². The molecular weight excluding hydrogens is 288 g/mol. The Hall–Kier alpha value is -1.09. The Balaban J connectivity index is 1.86. The molecule has 1 heterocycles. The van der Waals surface area contributed by atoms with Gasteiger partial charge in [0.1, 0.15) is 6.61 Å². The molecule has 1 fully saturated rings. The quantitative estimate of drug-likeness (QED) is 0.632. The van der Waals surface area contributed by atoms with E-state index in [9.17, 15) is 9.90 Å². The number of aliphatic hydroxyl groups excluding tert-OH is 1. The number of rotatable bonds is 4. The second kappa shape index (κ2) is 6.43. The summed E-state index contributed by atoms with van der Waals surface area (Å²) < 4.78 is 5.38. The van der Waals surface area contributed by atoms with E-state index >= 15 is 0 Å². The van der Waals surface area contributed by atoms with E-state index in [1.807, 2.05) is 0 Å². The lowest BCUT2D eigenvalue weighted by atomic mass is 9.74. The summed E-state index contributed by atoms with van der Waals surface area (Å²) in [4.78, 5) is 12.4. The maximum absolute atomic E-state index is 12.4. The van der Waals surface area contributed by atoms with Crippen molar-refractivity contribution in [3.05, 3.63) is 22.8 Å². The second-order valence-corrected chi connectivity index (χ2v) is 8.16. The number of allylic oxidation sites excluding steroid dienone is 2. The summed E-state index contributed by atoms with van der Waals surface area (Å²) in [5.41, 5.74) is 3.37. The van der Waals surface area contributed by atoms with E-state index in [1.165, 1.54) is 17.6 Å². The van der Waals surface area contributed by atoms with Crippen LogP contribution in [0.1, 0.15) is 53.4 Å². The summed E-state index contributed by atoms with van der Waals surface area (Å²) >= 11 is 0. The van der Waals surface area contributed by atoms with Gasteiger partial charge in [0.15, 0.2) is 0 Å². The zero-order valence-corrected chi connectivity index (χ0v) is 14.8. The molecular formula is C20H30O3. The molecule has 0 bridgehead atoms. The molecule has 0 aromatic heterocycles. The highest BCUT2D eigenvalue weighted by atomic mass is 16.5. The van der Waals surface area contributed by atoms with Gasteiger partial charge in [-0.05, 0) is 68.8 Å². The van der Waals surface area contributed by atoms with Crippen LogP contribution in [-0.2, 0) is 9.53 Å². The number of cyclic esters (lactones) is 1. The Morgan fingerprint density at radius 1 is 1.39 bits per heavy atom. The Labute approximate surface area is 139 Å². The molecule has 3 aliphatic rings. The van der Waals surface area contributed by atoms with E-state index < -0.39 is 6.10 Å². The zero-order chi connectivity index (χ0) is 16.7. The van der Waals surface area contributed by atoms with Gasteiger partial charge in [-0.3, -0.25) is 0 Å². The fourth-order valence-electron chi connectivity index (χ4n) is 4.70. The topological polar surface area (TPSA) is 46.5 Å². The molecule has 2 aliphatic carbocycles. The fourth-order valence-corrected chi connectivity index (χ4v) is 4.70. The van der Waals surface area contributed by atoms with Crippen LogP contribution in [0.5, 0.6) is 0 Å². The van der Waals surface area contributed by atoms with Gasteiger partial charge in [0.25, 0.3) is 0 Å². The van der Waals surface area contributed by atoms with Crippen LogP contribution in [0.2, 0.25) is 0 Å². The number of hydrogen-bond donors (Lipinski definition) is 1. The molecule has 23 heavy (non-hydrogen) atoms. The lowest BCUT2D eigenvalue weighted by molar-refractivity contribution is -0.137. The number of fused-ring (bicyclic) bond motifs is 2. The number of esters is 1. The largest absolute Gasteiger partial charge is 0.458 e. The molecule has 1 saturated carbocycles. The number of hydrogen-bond acceptors (Lipinski definition) is 3. The Morgan fingerprint density at radius 2 is 2.13 bits per heavy atom. The summed E-state index contributed by atoms with van der Waals surface area (Å²) in [5.74, 6) is 1.77. The molecule has 3 heteroatoms. The molecule has 0 unspecified atom stereocenters. The standard InChI is InChI=1S/C20H30O3/c1-11(2)6-5-7-12(3)18-17(21)8-13(4)14-9-15(14)16-10-23-20(22)19(16)18/h6,12-15,17-18,21H,5,7-10H2,1-4H3/t12-,13-,14+,15+,17-,18-/m1/s1. The summed E-state index contributed by atoms with van der Waals surface area (Å²) in [6.07, 6.45) is 5.80. The molecule has 6 atom stereocenters. The first-order valence-corrected chi connectivity index (χ1v) is 9.11. The van der Waals surface area contributed by atoms with Crippen molar-refractivity contribution in [2.45, 2.75) is 59.5 Å². The van der Waals surface area contributed by atoms with E-state index in [4.69, 9.17) is 4.74 Å². The molecule has 1 aliphatic heterocycles. The Bertz CT molecular complexity index is 541. The van der Waals surface area contributed by atoms with Crippen molar-refractivity contribution in [3.63, 3.8) is 0 Å². The minimum Gasteiger partial charge on any atom is -0.458 e. The van der Waals surface area contributed by atoms with Crippen molar-refractivity contribution < 1.29 is 14.6 Å². The van der Waals surface area contributed by atoms with E-state index in [0.717, 1.165) is 24.8 Å². The van der Waals surface area contributed by atoms with Gasteiger partial charge in [-0.2, -0.15) is 0 Å². The van der Waals surface area contributed by atoms with E-state index in [2.05, 4.69) is 33.8 Å². The van der Waals surface area contributed by atoms with Crippen molar-refractivity contribution in [2.24, 2.45) is 29.6 Å². The van der Waals surface area contributed by atoms with Gasteiger partial charge >= 0.3 is 5.97 Å². The third kappa shape index (κ3) is 3.26. The zero-order valence-electron chi connectivity index (χ0n) is 14.8. The highest BCUT2D eigenvalue weighted by Crippen LogP contribution is 2.55. The van der Waals surface area contributed by atoms with Crippen LogP contribution in [0.15, 0.2) is 22.8 Å². The van der Waals surface area contributed by atoms with Crippen LogP contribution in [0.4, 0.5) is 0 Å². The predicted octanol–water partition coefficient (Wildman–Crippen LogP) is 3.88. The number of aliphatic hydroxyl groups is 1. The maximum atomic E-state index is 12.4. The minimum atomic E-state index is -0.427. The van der Waals surface area contributed by atoms with E-state index in [-0.39, 0.29) is 11.9 Å². The number of ether oxygens (including phenoxy) is 1.